The van der Waals surface area contributed by atoms with Gasteiger partial charge in [0.05, 0.1) is 5.52 Å². The highest BCUT2D eigenvalue weighted by Gasteiger charge is 2.00. The first-order valence-electron chi connectivity index (χ1n) is 4.81. The van der Waals surface area contributed by atoms with Crippen molar-refractivity contribution >= 4 is 22.5 Å². The number of rotatable bonds is 3. The number of aliphatic hydroxyl groups is 1. The summed E-state index contributed by atoms with van der Waals surface area (Å²) in [5.41, 5.74) is 0.891. The van der Waals surface area contributed by atoms with Crippen LogP contribution in [0.3, 0.4) is 0 Å². The Bertz CT molecular complexity index is 473. The van der Waals surface area contributed by atoms with Crippen LogP contribution in [0.2, 0.25) is 5.02 Å². The second-order valence-electron chi connectivity index (χ2n) is 3.32. The first kappa shape index (κ1) is 10.3. The van der Waals surface area contributed by atoms with Crippen molar-refractivity contribution in [2.75, 3.05) is 6.61 Å². The van der Waals surface area contributed by atoms with Crippen molar-refractivity contribution in [1.29, 1.82) is 0 Å². The van der Waals surface area contributed by atoms with E-state index in [1.807, 2.05) is 18.2 Å². The van der Waals surface area contributed by atoms with E-state index < -0.39 is 0 Å². The van der Waals surface area contributed by atoms with Crippen molar-refractivity contribution in [2.24, 2.45) is 0 Å². The van der Waals surface area contributed by atoms with Gasteiger partial charge in [0.15, 0.2) is 0 Å². The zero-order valence-electron chi connectivity index (χ0n) is 8.15. The Morgan fingerprint density at radius 3 is 3.00 bits per heavy atom. The number of hydrogen-bond donors (Lipinski definition) is 1. The molecule has 1 aromatic carbocycles. The molecule has 0 saturated heterocycles. The molecule has 0 amide bonds. The molecule has 0 aliphatic heterocycles. The number of fused-ring (bicyclic) bond motifs is 1. The second-order valence-corrected chi connectivity index (χ2v) is 3.75. The topological polar surface area (TPSA) is 46.0 Å². The predicted molar refractivity (Wildman–Crippen MR) is 60.0 cm³/mol. The van der Waals surface area contributed by atoms with Gasteiger partial charge in [-0.15, -0.1) is 0 Å². The summed E-state index contributed by atoms with van der Waals surface area (Å²) in [7, 11) is 0. The Labute approximate surface area is 92.7 Å². The van der Waals surface area contributed by atoms with Crippen molar-refractivity contribution < 1.29 is 5.11 Å². The zero-order chi connectivity index (χ0) is 10.7. The minimum absolute atomic E-state index is 0.169. The van der Waals surface area contributed by atoms with Gasteiger partial charge in [-0.3, -0.25) is 0 Å². The molecule has 2 rings (SSSR count). The maximum Gasteiger partial charge on any atom is 0.129 e. The van der Waals surface area contributed by atoms with Gasteiger partial charge in [-0.2, -0.15) is 0 Å². The van der Waals surface area contributed by atoms with Gasteiger partial charge in [0.2, 0.25) is 0 Å². The van der Waals surface area contributed by atoms with E-state index in [4.69, 9.17) is 16.7 Å². The molecular weight excluding hydrogens is 212 g/mol. The minimum atomic E-state index is 0.169. The van der Waals surface area contributed by atoms with E-state index >= 15 is 0 Å². The smallest absolute Gasteiger partial charge is 0.129 e. The Balaban J connectivity index is 2.34. The highest BCUT2D eigenvalue weighted by Crippen LogP contribution is 2.17. The average molecular weight is 223 g/mol. The summed E-state index contributed by atoms with van der Waals surface area (Å²) in [4.78, 5) is 8.58. The summed E-state index contributed by atoms with van der Waals surface area (Å²) in [6.07, 6.45) is 3.16. The lowest BCUT2D eigenvalue weighted by atomic mass is 10.2. The third-order valence-corrected chi connectivity index (χ3v) is 2.39. The summed E-state index contributed by atoms with van der Waals surface area (Å²) in [5, 5.41) is 10.3. The summed E-state index contributed by atoms with van der Waals surface area (Å²) in [6.45, 7) is 0.169. The van der Waals surface area contributed by atoms with Crippen LogP contribution >= 0.6 is 11.6 Å². The molecule has 0 aliphatic carbocycles. The second kappa shape index (κ2) is 4.55. The molecule has 0 unspecified atom stereocenters. The lowest BCUT2D eigenvalue weighted by molar-refractivity contribution is 0.287. The number of halogens is 1. The molecule has 0 bridgehead atoms. The number of aryl methyl sites for hydroxylation is 1. The van der Waals surface area contributed by atoms with Gasteiger partial charge >= 0.3 is 0 Å². The van der Waals surface area contributed by atoms with E-state index in [9.17, 15) is 0 Å². The molecule has 0 radical (unpaired) electrons. The van der Waals surface area contributed by atoms with E-state index in [-0.39, 0.29) is 6.61 Å². The van der Waals surface area contributed by atoms with Crippen LogP contribution in [0.15, 0.2) is 24.4 Å². The average Bonchev–Trinajstić information content (AvgIpc) is 2.26. The normalized spacial score (nSPS) is 10.8. The van der Waals surface area contributed by atoms with Crippen LogP contribution < -0.4 is 0 Å². The summed E-state index contributed by atoms with van der Waals surface area (Å²) in [5.74, 6) is 0.763. The van der Waals surface area contributed by atoms with Gasteiger partial charge in [-0.25, -0.2) is 9.97 Å². The molecular formula is C11H11ClN2O. The number of aliphatic hydroxyl groups excluding tert-OH is 1. The van der Waals surface area contributed by atoms with Gasteiger partial charge in [0.1, 0.15) is 5.82 Å². The molecule has 3 nitrogen and oxygen atoms in total. The molecule has 1 heterocycles. The quantitative estimate of drug-likeness (QED) is 0.866. The third-order valence-electron chi connectivity index (χ3n) is 2.15. The number of hydrogen-bond acceptors (Lipinski definition) is 3. The molecule has 0 saturated carbocycles. The van der Waals surface area contributed by atoms with E-state index in [1.165, 1.54) is 0 Å². The summed E-state index contributed by atoms with van der Waals surface area (Å²) >= 11 is 5.85. The van der Waals surface area contributed by atoms with Crippen LogP contribution in [0.5, 0.6) is 0 Å². The molecule has 0 atom stereocenters. The number of aromatic nitrogens is 2. The lowest BCUT2D eigenvalue weighted by Crippen LogP contribution is -1.97. The Hall–Kier alpha value is -1.19. The van der Waals surface area contributed by atoms with Crippen LogP contribution in [0.1, 0.15) is 12.2 Å². The van der Waals surface area contributed by atoms with E-state index in [0.717, 1.165) is 16.7 Å². The lowest BCUT2D eigenvalue weighted by Gasteiger charge is -2.01. The van der Waals surface area contributed by atoms with Crippen molar-refractivity contribution in [2.45, 2.75) is 12.8 Å². The largest absolute Gasteiger partial charge is 0.396 e. The molecule has 1 aromatic heterocycles. The van der Waals surface area contributed by atoms with E-state index in [2.05, 4.69) is 9.97 Å². The summed E-state index contributed by atoms with van der Waals surface area (Å²) < 4.78 is 0. The molecule has 0 fully saturated rings. The van der Waals surface area contributed by atoms with Gasteiger partial charge in [0.25, 0.3) is 0 Å². The van der Waals surface area contributed by atoms with Crippen molar-refractivity contribution in [3.63, 3.8) is 0 Å². The zero-order valence-corrected chi connectivity index (χ0v) is 8.91. The first-order valence-corrected chi connectivity index (χ1v) is 5.19. The van der Waals surface area contributed by atoms with Gasteiger partial charge in [-0.05, 0) is 24.6 Å². The molecule has 0 aliphatic rings. The Morgan fingerprint density at radius 2 is 2.20 bits per heavy atom. The third kappa shape index (κ3) is 2.43. The van der Waals surface area contributed by atoms with Crippen LogP contribution in [-0.2, 0) is 6.42 Å². The molecule has 0 spiro atoms. The fourth-order valence-corrected chi connectivity index (χ4v) is 1.58. The van der Waals surface area contributed by atoms with Crippen molar-refractivity contribution in [3.05, 3.63) is 35.2 Å². The van der Waals surface area contributed by atoms with E-state index in [1.54, 1.807) is 6.20 Å². The van der Waals surface area contributed by atoms with Crippen molar-refractivity contribution in [3.8, 4) is 0 Å². The van der Waals surface area contributed by atoms with E-state index in [0.29, 0.717) is 17.9 Å². The molecule has 4 heteroatoms. The number of benzene rings is 1. The fraction of sp³-hybridized carbons (Fsp3) is 0.273. The minimum Gasteiger partial charge on any atom is -0.396 e. The van der Waals surface area contributed by atoms with Crippen LogP contribution in [0.4, 0.5) is 0 Å². The highest BCUT2D eigenvalue weighted by molar-refractivity contribution is 6.31. The monoisotopic (exact) mass is 222 g/mol. The van der Waals surface area contributed by atoms with Crippen LogP contribution in [0.25, 0.3) is 10.9 Å². The van der Waals surface area contributed by atoms with Gasteiger partial charge in [0, 0.05) is 29.6 Å². The maximum absolute atomic E-state index is 8.70. The number of nitrogens with zero attached hydrogens (tertiary/aromatic N) is 2. The SMILES string of the molecule is OCCCc1ncc2cc(Cl)ccc2n1. The standard InChI is InChI=1S/C11H11ClN2O/c12-9-3-4-10-8(6-9)7-13-11(14-10)2-1-5-15/h3-4,6-7,15H,1-2,5H2. The fourth-order valence-electron chi connectivity index (χ4n) is 1.40. The van der Waals surface area contributed by atoms with Crippen LogP contribution in [-0.4, -0.2) is 21.7 Å². The molecule has 15 heavy (non-hydrogen) atoms. The first-order chi connectivity index (χ1) is 7.29. The maximum atomic E-state index is 8.70. The highest BCUT2D eigenvalue weighted by atomic mass is 35.5. The Morgan fingerprint density at radius 1 is 1.33 bits per heavy atom. The Kier molecular flexibility index (Phi) is 3.14. The molecule has 78 valence electrons. The van der Waals surface area contributed by atoms with Gasteiger partial charge < -0.3 is 5.11 Å². The predicted octanol–water partition coefficient (Wildman–Crippen LogP) is 2.21. The van der Waals surface area contributed by atoms with Gasteiger partial charge in [-0.1, -0.05) is 11.6 Å². The summed E-state index contributed by atoms with van der Waals surface area (Å²) in [6, 6.07) is 5.53. The van der Waals surface area contributed by atoms with Crippen LogP contribution in [0, 0.1) is 0 Å². The molecule has 1 N–H and O–H groups in total. The van der Waals surface area contributed by atoms with Crippen molar-refractivity contribution in [1.82, 2.24) is 9.97 Å². The molecule has 2 aromatic rings.